The van der Waals surface area contributed by atoms with Crippen LogP contribution in [0.4, 0.5) is 0 Å². The number of esters is 2. The number of aliphatic hydroxyl groups is 1. The fraction of sp³-hybridized carbons (Fsp3) is 0.852. The summed E-state index contributed by atoms with van der Waals surface area (Å²) in [6, 6.07) is 0. The third-order valence-corrected chi connectivity index (χ3v) is 17.8. The molecule has 0 spiro atoms. The van der Waals surface area contributed by atoms with Gasteiger partial charge in [0.05, 0.1) is 6.61 Å². The Balaban J connectivity index is 3.37. The van der Waals surface area contributed by atoms with E-state index < -0.39 is 6.10 Å². The summed E-state index contributed by atoms with van der Waals surface area (Å²) in [6.45, 7) is 4.10. The minimum atomic E-state index is -0.771. The van der Waals surface area contributed by atoms with Gasteiger partial charge in [-0.15, -0.1) is 0 Å². The van der Waals surface area contributed by atoms with Gasteiger partial charge in [-0.1, -0.05) is 415 Å². The van der Waals surface area contributed by atoms with E-state index in [0.717, 1.165) is 64.2 Å². The maximum absolute atomic E-state index is 12.4. The van der Waals surface area contributed by atoms with Crippen molar-refractivity contribution in [2.45, 2.75) is 431 Å². The fourth-order valence-electron chi connectivity index (χ4n) is 12.1. The van der Waals surface area contributed by atoms with Gasteiger partial charge in [0.15, 0.2) is 6.10 Å². The first-order valence-electron chi connectivity index (χ1n) is 38.8. The van der Waals surface area contributed by atoms with Crippen LogP contribution in [0.5, 0.6) is 0 Å². The van der Waals surface area contributed by atoms with Gasteiger partial charge >= 0.3 is 11.9 Å². The van der Waals surface area contributed by atoms with Crippen molar-refractivity contribution in [3.05, 3.63) is 60.8 Å². The predicted octanol–water partition coefficient (Wildman–Crippen LogP) is 27.2. The van der Waals surface area contributed by atoms with Crippen molar-refractivity contribution in [1.29, 1.82) is 0 Å². The Labute approximate surface area is 538 Å². The fourth-order valence-corrected chi connectivity index (χ4v) is 12.1. The largest absolute Gasteiger partial charge is 0.462 e. The molecule has 0 radical (unpaired) electrons. The minimum absolute atomic E-state index is 0.0590. The van der Waals surface area contributed by atoms with Gasteiger partial charge in [0.2, 0.25) is 0 Å². The Morgan fingerprint density at radius 3 is 0.756 bits per heavy atom. The number of hydrogen-bond acceptors (Lipinski definition) is 5. The second kappa shape index (κ2) is 76.8. The summed E-state index contributed by atoms with van der Waals surface area (Å²) < 4.78 is 10.8. The normalized spacial score (nSPS) is 12.5. The molecule has 0 aliphatic heterocycles. The molecule has 504 valence electrons. The van der Waals surface area contributed by atoms with Crippen molar-refractivity contribution < 1.29 is 24.2 Å². The van der Waals surface area contributed by atoms with E-state index in [9.17, 15) is 14.7 Å². The zero-order valence-corrected chi connectivity index (χ0v) is 58.1. The first kappa shape index (κ1) is 83.6. The molecule has 0 aromatic heterocycles. The second-order valence-corrected chi connectivity index (χ2v) is 26.4. The molecule has 86 heavy (non-hydrogen) atoms. The van der Waals surface area contributed by atoms with Gasteiger partial charge in [0.1, 0.15) is 6.61 Å². The maximum atomic E-state index is 12.4. The number of aliphatic hydroxyl groups excluding tert-OH is 1. The highest BCUT2D eigenvalue weighted by atomic mass is 16.6. The lowest BCUT2D eigenvalue weighted by Gasteiger charge is -2.15. The Morgan fingerprint density at radius 1 is 0.279 bits per heavy atom. The van der Waals surface area contributed by atoms with Crippen LogP contribution in [0.25, 0.3) is 0 Å². The van der Waals surface area contributed by atoms with Crippen LogP contribution in [0.15, 0.2) is 60.8 Å². The third kappa shape index (κ3) is 74.1. The van der Waals surface area contributed by atoms with Crippen LogP contribution in [0.3, 0.4) is 0 Å². The lowest BCUT2D eigenvalue weighted by atomic mass is 10.0. The summed E-state index contributed by atoms with van der Waals surface area (Å²) in [6.07, 6.45) is 106. The van der Waals surface area contributed by atoms with Crippen LogP contribution < -0.4 is 0 Å². The molecule has 1 atom stereocenters. The van der Waals surface area contributed by atoms with E-state index in [1.807, 2.05) is 0 Å². The molecule has 5 nitrogen and oxygen atoms in total. The standard InChI is InChI=1S/C81H150O5/c1-3-5-7-9-11-13-15-17-19-21-23-25-27-29-31-33-35-37-38-39-40-41-42-44-46-48-50-52-54-56-58-60-62-64-66-68-70-72-74-76-81(84)86-79(77-82)78-85-80(83)75-73-71-69-67-65-63-61-59-57-55-53-51-49-47-45-43-36-34-32-30-28-26-24-22-20-18-16-14-12-10-8-6-4-2/h5,7,11,13,17,19,23,25,29,31,79,82H,3-4,6,8-10,12,14-16,18,20-22,24,26-28,30,32-78H2,1-2H3/b7-5-,13-11-,19-17-,25-23-,31-29-. The van der Waals surface area contributed by atoms with Crippen molar-refractivity contribution in [3.8, 4) is 0 Å². The van der Waals surface area contributed by atoms with Crippen LogP contribution in [-0.4, -0.2) is 36.4 Å². The molecule has 0 aromatic carbocycles. The summed E-state index contributed by atoms with van der Waals surface area (Å²) in [5, 5.41) is 9.72. The van der Waals surface area contributed by atoms with E-state index in [0.29, 0.717) is 12.8 Å². The lowest BCUT2D eigenvalue weighted by molar-refractivity contribution is -0.161. The van der Waals surface area contributed by atoms with Crippen molar-refractivity contribution >= 4 is 11.9 Å². The molecule has 0 amide bonds. The van der Waals surface area contributed by atoms with Gasteiger partial charge < -0.3 is 14.6 Å². The van der Waals surface area contributed by atoms with E-state index in [1.54, 1.807) is 0 Å². The first-order valence-corrected chi connectivity index (χ1v) is 38.8. The number of unbranched alkanes of at least 4 members (excludes halogenated alkanes) is 55. The van der Waals surface area contributed by atoms with Gasteiger partial charge in [-0.25, -0.2) is 0 Å². The lowest BCUT2D eigenvalue weighted by Crippen LogP contribution is -2.28. The Bertz CT molecular complexity index is 1460. The molecule has 0 rings (SSSR count). The number of allylic oxidation sites excluding steroid dienone is 10. The number of carbonyl (C=O) groups is 2. The molecule has 0 aromatic rings. The van der Waals surface area contributed by atoms with Crippen LogP contribution in [-0.2, 0) is 19.1 Å². The predicted molar refractivity (Wildman–Crippen MR) is 380 cm³/mol. The highest BCUT2D eigenvalue weighted by molar-refractivity contribution is 5.70. The van der Waals surface area contributed by atoms with E-state index >= 15 is 0 Å². The minimum Gasteiger partial charge on any atom is -0.462 e. The van der Waals surface area contributed by atoms with Crippen molar-refractivity contribution in [3.63, 3.8) is 0 Å². The number of rotatable bonds is 73. The maximum Gasteiger partial charge on any atom is 0.306 e. The van der Waals surface area contributed by atoms with Crippen molar-refractivity contribution in [1.82, 2.24) is 0 Å². The molecule has 5 heteroatoms. The Hall–Kier alpha value is -2.40. The highest BCUT2D eigenvalue weighted by Crippen LogP contribution is 2.20. The Morgan fingerprint density at radius 2 is 0.500 bits per heavy atom. The molecule has 0 aliphatic carbocycles. The van der Waals surface area contributed by atoms with E-state index in [-0.39, 0.29) is 25.2 Å². The molecule has 1 unspecified atom stereocenters. The Kier molecular flexibility index (Phi) is 74.7. The van der Waals surface area contributed by atoms with Crippen LogP contribution in [0.1, 0.15) is 425 Å². The zero-order chi connectivity index (χ0) is 61.9. The van der Waals surface area contributed by atoms with E-state index in [1.165, 1.54) is 334 Å². The number of hydrogen-bond donors (Lipinski definition) is 1. The summed E-state index contributed by atoms with van der Waals surface area (Å²) in [4.78, 5) is 24.7. The summed E-state index contributed by atoms with van der Waals surface area (Å²) in [5.74, 6) is -0.563. The zero-order valence-electron chi connectivity index (χ0n) is 58.1. The monoisotopic (exact) mass is 1200 g/mol. The smallest absolute Gasteiger partial charge is 0.306 e. The van der Waals surface area contributed by atoms with Crippen molar-refractivity contribution in [2.75, 3.05) is 13.2 Å². The molecule has 0 saturated carbocycles. The van der Waals surface area contributed by atoms with E-state index in [4.69, 9.17) is 9.47 Å². The van der Waals surface area contributed by atoms with Gasteiger partial charge in [0, 0.05) is 12.8 Å². The van der Waals surface area contributed by atoms with Crippen molar-refractivity contribution in [2.24, 2.45) is 0 Å². The summed E-state index contributed by atoms with van der Waals surface area (Å²) in [7, 11) is 0. The molecule has 1 N–H and O–H groups in total. The number of ether oxygens (including phenoxy) is 2. The third-order valence-electron chi connectivity index (χ3n) is 17.8. The average molecular weight is 1200 g/mol. The van der Waals surface area contributed by atoms with Gasteiger partial charge in [-0.05, 0) is 57.8 Å². The molecule has 0 saturated heterocycles. The SMILES string of the molecule is CC/C=C\C/C=C\C/C=C\C/C=C\C/C=C\CCCCCCCCCCCCCCCCCCCCCCCCCC(=O)OC(CO)COC(=O)CCCCCCCCCCCCCCCCCCCCCCCCCCCCCCCCCCC. The molecular formula is C81H150O5. The first-order chi connectivity index (χ1) is 42.6. The highest BCUT2D eigenvalue weighted by Gasteiger charge is 2.16. The molecule has 0 aliphatic rings. The number of carbonyl (C=O) groups excluding carboxylic acids is 2. The summed E-state index contributed by atoms with van der Waals surface area (Å²) >= 11 is 0. The average Bonchev–Trinajstić information content (AvgIpc) is 3.55. The van der Waals surface area contributed by atoms with Gasteiger partial charge in [0.25, 0.3) is 0 Å². The van der Waals surface area contributed by atoms with Crippen LogP contribution in [0, 0.1) is 0 Å². The summed E-state index contributed by atoms with van der Waals surface area (Å²) in [5.41, 5.74) is 0. The topological polar surface area (TPSA) is 72.8 Å². The van der Waals surface area contributed by atoms with Gasteiger partial charge in [-0.2, -0.15) is 0 Å². The van der Waals surface area contributed by atoms with Gasteiger partial charge in [-0.3, -0.25) is 9.59 Å². The van der Waals surface area contributed by atoms with E-state index in [2.05, 4.69) is 74.6 Å². The molecule has 0 fully saturated rings. The quantitative estimate of drug-likeness (QED) is 0.0373. The second-order valence-electron chi connectivity index (χ2n) is 26.4. The molecule has 0 bridgehead atoms. The molecule has 0 heterocycles. The molecular weight excluding hydrogens is 1050 g/mol. The van der Waals surface area contributed by atoms with Crippen LogP contribution >= 0.6 is 0 Å². The van der Waals surface area contributed by atoms with Crippen LogP contribution in [0.2, 0.25) is 0 Å².